The molecule has 0 saturated heterocycles. The second kappa shape index (κ2) is 11.0. The van der Waals surface area contributed by atoms with E-state index < -0.39 is 0 Å². The van der Waals surface area contributed by atoms with Crippen molar-refractivity contribution >= 4 is 28.6 Å². The Balaban J connectivity index is 1.21. The molecule has 1 amide bonds. The number of amides is 1. The second-order valence-electron chi connectivity index (χ2n) is 8.81. The summed E-state index contributed by atoms with van der Waals surface area (Å²) in [6, 6.07) is 18.3. The number of rotatable bonds is 9. The SMILES string of the molecule is CN(C)c1nc(N[C@H]2CC[C@@H](NC(=O)CCCOc3ccccc3)CC2)nc2ccccc12. The van der Waals surface area contributed by atoms with Crippen LogP contribution >= 0.6 is 0 Å². The van der Waals surface area contributed by atoms with Crippen LogP contribution in [0.2, 0.25) is 0 Å². The molecule has 0 spiro atoms. The molecule has 1 saturated carbocycles. The van der Waals surface area contributed by atoms with Gasteiger partial charge in [-0.15, -0.1) is 0 Å². The summed E-state index contributed by atoms with van der Waals surface area (Å²) in [5, 5.41) is 7.76. The fourth-order valence-corrected chi connectivity index (χ4v) is 4.27. The van der Waals surface area contributed by atoms with Gasteiger partial charge < -0.3 is 20.3 Å². The molecule has 33 heavy (non-hydrogen) atoms. The van der Waals surface area contributed by atoms with Gasteiger partial charge in [0.15, 0.2) is 0 Å². The highest BCUT2D eigenvalue weighted by atomic mass is 16.5. The third-order valence-corrected chi connectivity index (χ3v) is 5.99. The molecule has 0 bridgehead atoms. The van der Waals surface area contributed by atoms with Crippen molar-refractivity contribution in [2.24, 2.45) is 0 Å². The standard InChI is InChI=1S/C26H33N5O2/c1-31(2)25-22-11-6-7-12-23(22)29-26(30-25)28-20-16-14-19(15-17-20)27-24(32)13-8-18-33-21-9-4-3-5-10-21/h3-7,9-12,19-20H,8,13-18H2,1-2H3,(H,27,32)(H,28,29,30)/t19-,20+. The van der Waals surface area contributed by atoms with Gasteiger partial charge in [-0.05, 0) is 56.4 Å². The first kappa shape index (κ1) is 22.8. The summed E-state index contributed by atoms with van der Waals surface area (Å²) >= 11 is 0. The molecular formula is C26H33N5O2. The number of para-hydroxylation sites is 2. The Morgan fingerprint density at radius 1 is 0.970 bits per heavy atom. The predicted molar refractivity (Wildman–Crippen MR) is 133 cm³/mol. The summed E-state index contributed by atoms with van der Waals surface area (Å²) in [5.74, 6) is 2.54. The van der Waals surface area contributed by atoms with Crippen LogP contribution in [0.4, 0.5) is 11.8 Å². The maximum atomic E-state index is 12.3. The highest BCUT2D eigenvalue weighted by molar-refractivity contribution is 5.90. The number of fused-ring (bicyclic) bond motifs is 1. The zero-order valence-electron chi connectivity index (χ0n) is 19.5. The maximum absolute atomic E-state index is 12.3. The third kappa shape index (κ3) is 6.34. The number of hydrogen-bond acceptors (Lipinski definition) is 6. The topological polar surface area (TPSA) is 79.4 Å². The van der Waals surface area contributed by atoms with E-state index in [0.717, 1.165) is 48.2 Å². The van der Waals surface area contributed by atoms with Crippen molar-refractivity contribution in [2.75, 3.05) is 30.9 Å². The molecule has 4 rings (SSSR count). The summed E-state index contributed by atoms with van der Waals surface area (Å²) in [4.78, 5) is 23.8. The molecule has 1 aliphatic carbocycles. The van der Waals surface area contributed by atoms with Gasteiger partial charge in [-0.2, -0.15) is 4.98 Å². The Morgan fingerprint density at radius 2 is 1.67 bits per heavy atom. The van der Waals surface area contributed by atoms with Crippen LogP contribution in [-0.2, 0) is 4.79 Å². The summed E-state index contributed by atoms with van der Waals surface area (Å²) in [7, 11) is 4.00. The van der Waals surface area contributed by atoms with Crippen molar-refractivity contribution in [1.29, 1.82) is 0 Å². The number of benzene rings is 2. The number of ether oxygens (including phenoxy) is 1. The second-order valence-corrected chi connectivity index (χ2v) is 8.81. The van der Waals surface area contributed by atoms with Gasteiger partial charge in [0.05, 0.1) is 12.1 Å². The van der Waals surface area contributed by atoms with Gasteiger partial charge in [0.1, 0.15) is 11.6 Å². The van der Waals surface area contributed by atoms with E-state index in [9.17, 15) is 4.79 Å². The van der Waals surface area contributed by atoms with E-state index in [2.05, 4.69) is 16.7 Å². The molecule has 2 aromatic carbocycles. The van der Waals surface area contributed by atoms with Crippen LogP contribution in [0.25, 0.3) is 10.9 Å². The Hall–Kier alpha value is -3.35. The van der Waals surface area contributed by atoms with Crippen molar-refractivity contribution in [3.63, 3.8) is 0 Å². The molecule has 7 heteroatoms. The molecule has 7 nitrogen and oxygen atoms in total. The average Bonchev–Trinajstić information content (AvgIpc) is 2.83. The quantitative estimate of drug-likeness (QED) is 0.474. The monoisotopic (exact) mass is 447 g/mol. The van der Waals surface area contributed by atoms with Gasteiger partial charge >= 0.3 is 0 Å². The van der Waals surface area contributed by atoms with Gasteiger partial charge in [0, 0.05) is 38.0 Å². The van der Waals surface area contributed by atoms with E-state index in [1.54, 1.807) is 0 Å². The number of hydrogen-bond donors (Lipinski definition) is 2. The van der Waals surface area contributed by atoms with E-state index in [-0.39, 0.29) is 11.9 Å². The molecular weight excluding hydrogens is 414 g/mol. The van der Waals surface area contributed by atoms with Crippen LogP contribution in [0.1, 0.15) is 38.5 Å². The minimum absolute atomic E-state index is 0.108. The number of aromatic nitrogens is 2. The van der Waals surface area contributed by atoms with Crippen LogP contribution in [-0.4, -0.2) is 48.7 Å². The van der Waals surface area contributed by atoms with E-state index in [4.69, 9.17) is 14.7 Å². The number of nitrogens with one attached hydrogen (secondary N) is 2. The minimum atomic E-state index is 0.108. The van der Waals surface area contributed by atoms with E-state index in [1.165, 1.54) is 0 Å². The van der Waals surface area contributed by atoms with Crippen LogP contribution in [0.3, 0.4) is 0 Å². The Labute approximate surface area is 195 Å². The lowest BCUT2D eigenvalue weighted by Crippen LogP contribution is -2.40. The van der Waals surface area contributed by atoms with Crippen LogP contribution in [0.15, 0.2) is 54.6 Å². The third-order valence-electron chi connectivity index (χ3n) is 5.99. The summed E-state index contributed by atoms with van der Waals surface area (Å²) < 4.78 is 5.66. The van der Waals surface area contributed by atoms with Crippen molar-refractivity contribution in [3.05, 3.63) is 54.6 Å². The fourth-order valence-electron chi connectivity index (χ4n) is 4.27. The predicted octanol–water partition coefficient (Wildman–Crippen LogP) is 4.39. The number of nitrogens with zero attached hydrogens (tertiary/aromatic N) is 3. The molecule has 0 atom stereocenters. The van der Waals surface area contributed by atoms with Crippen molar-refractivity contribution in [2.45, 2.75) is 50.6 Å². The zero-order chi connectivity index (χ0) is 23.0. The first-order valence-corrected chi connectivity index (χ1v) is 11.8. The highest BCUT2D eigenvalue weighted by Crippen LogP contribution is 2.26. The van der Waals surface area contributed by atoms with Gasteiger partial charge in [-0.3, -0.25) is 4.79 Å². The number of anilines is 2. The normalized spacial score (nSPS) is 18.0. The average molecular weight is 448 g/mol. The Kier molecular flexibility index (Phi) is 7.60. The Morgan fingerprint density at radius 3 is 2.42 bits per heavy atom. The lowest BCUT2D eigenvalue weighted by atomic mass is 9.91. The largest absolute Gasteiger partial charge is 0.494 e. The summed E-state index contributed by atoms with van der Waals surface area (Å²) in [6.07, 6.45) is 5.08. The van der Waals surface area contributed by atoms with E-state index in [0.29, 0.717) is 31.4 Å². The zero-order valence-corrected chi connectivity index (χ0v) is 19.5. The molecule has 3 aromatic rings. The van der Waals surface area contributed by atoms with Gasteiger partial charge in [-0.1, -0.05) is 30.3 Å². The van der Waals surface area contributed by atoms with Gasteiger partial charge in [-0.25, -0.2) is 4.98 Å². The summed E-state index contributed by atoms with van der Waals surface area (Å²) in [5.41, 5.74) is 0.941. The van der Waals surface area contributed by atoms with Gasteiger partial charge in [0.25, 0.3) is 0 Å². The Bertz CT molecular complexity index is 1050. The van der Waals surface area contributed by atoms with Crippen LogP contribution in [0, 0.1) is 0 Å². The molecule has 0 radical (unpaired) electrons. The number of carbonyl (C=O) groups excluding carboxylic acids is 1. The van der Waals surface area contributed by atoms with Crippen LogP contribution < -0.4 is 20.3 Å². The molecule has 1 heterocycles. The fraction of sp³-hybridized carbons (Fsp3) is 0.423. The highest BCUT2D eigenvalue weighted by Gasteiger charge is 2.23. The molecule has 1 fully saturated rings. The molecule has 0 unspecified atom stereocenters. The lowest BCUT2D eigenvalue weighted by Gasteiger charge is -2.30. The van der Waals surface area contributed by atoms with Crippen molar-refractivity contribution in [1.82, 2.24) is 15.3 Å². The molecule has 2 N–H and O–H groups in total. The maximum Gasteiger partial charge on any atom is 0.225 e. The summed E-state index contributed by atoms with van der Waals surface area (Å²) in [6.45, 7) is 0.550. The molecule has 174 valence electrons. The molecule has 0 aliphatic heterocycles. The van der Waals surface area contributed by atoms with Crippen LogP contribution in [0.5, 0.6) is 5.75 Å². The first-order chi connectivity index (χ1) is 16.1. The minimum Gasteiger partial charge on any atom is -0.494 e. The first-order valence-electron chi connectivity index (χ1n) is 11.8. The van der Waals surface area contributed by atoms with Crippen molar-refractivity contribution < 1.29 is 9.53 Å². The number of carbonyl (C=O) groups is 1. The smallest absolute Gasteiger partial charge is 0.225 e. The van der Waals surface area contributed by atoms with E-state index in [1.807, 2.05) is 67.5 Å². The van der Waals surface area contributed by atoms with Gasteiger partial charge in [0.2, 0.25) is 11.9 Å². The lowest BCUT2D eigenvalue weighted by molar-refractivity contribution is -0.122. The molecule has 1 aromatic heterocycles. The van der Waals surface area contributed by atoms with E-state index >= 15 is 0 Å². The van der Waals surface area contributed by atoms with Crippen molar-refractivity contribution in [3.8, 4) is 5.75 Å². The molecule has 1 aliphatic rings.